The van der Waals surface area contributed by atoms with Crippen LogP contribution in [0.1, 0.15) is 15.9 Å². The molecule has 0 spiro atoms. The van der Waals surface area contributed by atoms with Gasteiger partial charge >= 0.3 is 0 Å². The summed E-state index contributed by atoms with van der Waals surface area (Å²) >= 11 is 0. The number of carbonyl (C=O) groups excluding carboxylic acids is 1. The largest absolute Gasteiger partial charge is 0.496 e. The van der Waals surface area contributed by atoms with Gasteiger partial charge in [0.1, 0.15) is 11.4 Å². The van der Waals surface area contributed by atoms with Gasteiger partial charge in [-0.3, -0.25) is 14.9 Å². The van der Waals surface area contributed by atoms with Crippen LogP contribution in [-0.4, -0.2) is 24.5 Å². The number of nitrogens with two attached hydrogens (primary N) is 1. The molecule has 0 heterocycles. The highest BCUT2D eigenvalue weighted by Crippen LogP contribution is 2.22. The fraction of sp³-hybridized carbons (Fsp3) is 0.188. The molecule has 120 valence electrons. The molecule has 1 amide bonds. The van der Waals surface area contributed by atoms with Gasteiger partial charge in [-0.25, -0.2) is 0 Å². The second kappa shape index (κ2) is 7.26. The van der Waals surface area contributed by atoms with Crippen molar-refractivity contribution in [2.24, 2.45) is 0 Å². The van der Waals surface area contributed by atoms with Crippen LogP contribution in [0.15, 0.2) is 42.5 Å². The molecule has 2 aromatic rings. The second-order valence-corrected chi connectivity index (χ2v) is 4.85. The SMILES string of the molecule is COc1ccccc1CCNC(=O)c1ccc(N)c([N+](=O)[O-])c1. The molecule has 0 aliphatic carbocycles. The summed E-state index contributed by atoms with van der Waals surface area (Å²) in [5.74, 6) is 0.368. The van der Waals surface area contributed by atoms with E-state index in [2.05, 4.69) is 5.32 Å². The summed E-state index contributed by atoms with van der Waals surface area (Å²) in [7, 11) is 1.59. The monoisotopic (exact) mass is 315 g/mol. The Morgan fingerprint density at radius 1 is 1.30 bits per heavy atom. The lowest BCUT2D eigenvalue weighted by atomic mass is 10.1. The number of rotatable bonds is 6. The van der Waals surface area contributed by atoms with E-state index >= 15 is 0 Å². The van der Waals surface area contributed by atoms with Crippen molar-refractivity contribution in [3.05, 3.63) is 63.7 Å². The Morgan fingerprint density at radius 2 is 2.04 bits per heavy atom. The molecule has 0 aliphatic rings. The molecule has 0 aliphatic heterocycles. The van der Waals surface area contributed by atoms with Crippen molar-refractivity contribution in [1.82, 2.24) is 5.32 Å². The number of amides is 1. The predicted octanol–water partition coefficient (Wildman–Crippen LogP) is 2.16. The zero-order valence-electron chi connectivity index (χ0n) is 12.6. The van der Waals surface area contributed by atoms with E-state index in [9.17, 15) is 14.9 Å². The summed E-state index contributed by atoms with van der Waals surface area (Å²) in [4.78, 5) is 22.3. The first-order valence-corrected chi connectivity index (χ1v) is 6.97. The Balaban J connectivity index is 2.00. The van der Waals surface area contributed by atoms with Crippen LogP contribution in [0.5, 0.6) is 5.75 Å². The van der Waals surface area contributed by atoms with Crippen molar-refractivity contribution in [2.75, 3.05) is 19.4 Å². The molecule has 0 radical (unpaired) electrons. The van der Waals surface area contributed by atoms with Crippen molar-refractivity contribution in [2.45, 2.75) is 6.42 Å². The summed E-state index contributed by atoms with van der Waals surface area (Å²) < 4.78 is 5.24. The number of ether oxygens (including phenoxy) is 1. The lowest BCUT2D eigenvalue weighted by molar-refractivity contribution is -0.383. The highest BCUT2D eigenvalue weighted by atomic mass is 16.6. The number of methoxy groups -OCH3 is 1. The molecule has 0 saturated heterocycles. The highest BCUT2D eigenvalue weighted by molar-refractivity contribution is 5.95. The Morgan fingerprint density at radius 3 is 2.74 bits per heavy atom. The first-order valence-electron chi connectivity index (χ1n) is 6.97. The van der Waals surface area contributed by atoms with Gasteiger partial charge in [-0.05, 0) is 30.2 Å². The number of nitro groups is 1. The fourth-order valence-electron chi connectivity index (χ4n) is 2.17. The third-order valence-electron chi connectivity index (χ3n) is 3.36. The molecule has 0 bridgehead atoms. The van der Waals surface area contributed by atoms with E-state index in [4.69, 9.17) is 10.5 Å². The fourth-order valence-corrected chi connectivity index (χ4v) is 2.17. The van der Waals surface area contributed by atoms with E-state index < -0.39 is 4.92 Å². The van der Waals surface area contributed by atoms with Crippen LogP contribution in [0.25, 0.3) is 0 Å². The molecule has 7 nitrogen and oxygen atoms in total. The molecule has 0 unspecified atom stereocenters. The van der Waals surface area contributed by atoms with E-state index in [1.165, 1.54) is 18.2 Å². The smallest absolute Gasteiger partial charge is 0.292 e. The summed E-state index contributed by atoms with van der Waals surface area (Å²) in [6, 6.07) is 11.5. The third kappa shape index (κ3) is 3.97. The molecule has 3 N–H and O–H groups in total. The lowest BCUT2D eigenvalue weighted by Crippen LogP contribution is -2.25. The minimum Gasteiger partial charge on any atom is -0.496 e. The topological polar surface area (TPSA) is 107 Å². The van der Waals surface area contributed by atoms with Gasteiger partial charge < -0.3 is 15.8 Å². The van der Waals surface area contributed by atoms with Gasteiger partial charge in [0.25, 0.3) is 11.6 Å². The van der Waals surface area contributed by atoms with Gasteiger partial charge in [-0.15, -0.1) is 0 Å². The van der Waals surface area contributed by atoms with Gasteiger partial charge in [0.2, 0.25) is 0 Å². The number of nitrogens with one attached hydrogen (secondary N) is 1. The van der Waals surface area contributed by atoms with E-state index in [1.54, 1.807) is 7.11 Å². The summed E-state index contributed by atoms with van der Waals surface area (Å²) in [6.07, 6.45) is 0.590. The molecule has 0 fully saturated rings. The Labute approximate surface area is 133 Å². The number of nitrogen functional groups attached to an aromatic ring is 1. The van der Waals surface area contributed by atoms with E-state index in [0.717, 1.165) is 11.3 Å². The van der Waals surface area contributed by atoms with Crippen molar-refractivity contribution >= 4 is 17.3 Å². The van der Waals surface area contributed by atoms with E-state index in [0.29, 0.717) is 13.0 Å². The molecule has 0 aromatic heterocycles. The van der Waals surface area contributed by atoms with Gasteiger partial charge in [0, 0.05) is 18.2 Å². The van der Waals surface area contributed by atoms with E-state index in [-0.39, 0.29) is 22.8 Å². The van der Waals surface area contributed by atoms with Gasteiger partial charge in [-0.1, -0.05) is 18.2 Å². The van der Waals surface area contributed by atoms with Crippen molar-refractivity contribution in [3.63, 3.8) is 0 Å². The van der Waals surface area contributed by atoms with Gasteiger partial charge in [-0.2, -0.15) is 0 Å². The highest BCUT2D eigenvalue weighted by Gasteiger charge is 2.15. The number of carbonyl (C=O) groups is 1. The van der Waals surface area contributed by atoms with Crippen LogP contribution in [0.4, 0.5) is 11.4 Å². The standard InChI is InChI=1S/C16H17N3O4/c1-23-15-5-3-2-4-11(15)8-9-18-16(20)12-6-7-13(17)14(10-12)19(21)22/h2-7,10H,8-9,17H2,1H3,(H,18,20). The molecule has 7 heteroatoms. The van der Waals surface area contributed by atoms with Gasteiger partial charge in [0.15, 0.2) is 0 Å². The molecule has 2 aromatic carbocycles. The lowest BCUT2D eigenvalue weighted by Gasteiger charge is -2.09. The molecule has 0 saturated carbocycles. The minimum atomic E-state index is -0.610. The van der Waals surface area contributed by atoms with Crippen LogP contribution >= 0.6 is 0 Å². The first-order chi connectivity index (χ1) is 11.0. The quantitative estimate of drug-likeness (QED) is 0.482. The number of hydrogen-bond acceptors (Lipinski definition) is 5. The van der Waals surface area contributed by atoms with Crippen molar-refractivity contribution < 1.29 is 14.5 Å². The maximum atomic E-state index is 12.1. The number of nitro benzene ring substituents is 1. The molecular formula is C16H17N3O4. The summed E-state index contributed by atoms with van der Waals surface area (Å²) in [5.41, 5.74) is 6.43. The maximum Gasteiger partial charge on any atom is 0.292 e. The number of anilines is 1. The average molecular weight is 315 g/mol. The van der Waals surface area contributed by atoms with Crippen LogP contribution in [-0.2, 0) is 6.42 Å². The third-order valence-corrected chi connectivity index (χ3v) is 3.36. The Bertz CT molecular complexity index is 731. The second-order valence-electron chi connectivity index (χ2n) is 4.85. The van der Waals surface area contributed by atoms with Gasteiger partial charge in [0.05, 0.1) is 12.0 Å². The van der Waals surface area contributed by atoms with E-state index in [1.807, 2.05) is 24.3 Å². The predicted molar refractivity (Wildman–Crippen MR) is 86.5 cm³/mol. The number of hydrogen-bond donors (Lipinski definition) is 2. The van der Waals surface area contributed by atoms with Crippen LogP contribution in [0.3, 0.4) is 0 Å². The molecule has 0 atom stereocenters. The van der Waals surface area contributed by atoms with Crippen molar-refractivity contribution in [3.8, 4) is 5.75 Å². The van der Waals surface area contributed by atoms with Crippen LogP contribution < -0.4 is 15.8 Å². The first kappa shape index (κ1) is 16.3. The van der Waals surface area contributed by atoms with Crippen molar-refractivity contribution in [1.29, 1.82) is 0 Å². The Hall–Kier alpha value is -3.09. The maximum absolute atomic E-state index is 12.1. The number of para-hydroxylation sites is 1. The molecular weight excluding hydrogens is 298 g/mol. The summed E-state index contributed by atoms with van der Waals surface area (Å²) in [6.45, 7) is 0.386. The average Bonchev–Trinajstić information content (AvgIpc) is 2.55. The Kier molecular flexibility index (Phi) is 5.14. The minimum absolute atomic E-state index is 0.0283. The zero-order chi connectivity index (χ0) is 16.8. The summed E-state index contributed by atoms with van der Waals surface area (Å²) in [5, 5.41) is 13.6. The van der Waals surface area contributed by atoms with Crippen LogP contribution in [0.2, 0.25) is 0 Å². The molecule has 23 heavy (non-hydrogen) atoms. The number of nitrogens with zero attached hydrogens (tertiary/aromatic N) is 1. The molecule has 2 rings (SSSR count). The van der Waals surface area contributed by atoms with Crippen LogP contribution in [0, 0.1) is 10.1 Å². The number of benzene rings is 2. The zero-order valence-corrected chi connectivity index (χ0v) is 12.6. The normalized spacial score (nSPS) is 10.1.